The lowest BCUT2D eigenvalue weighted by Gasteiger charge is -2.37. The molecule has 18 heavy (non-hydrogen) atoms. The average molecular weight is 255 g/mol. The molecule has 2 rings (SSSR count). The minimum atomic E-state index is 0.196. The van der Waals surface area contributed by atoms with Gasteiger partial charge < -0.3 is 19.9 Å². The quantitative estimate of drug-likeness (QED) is 0.815. The summed E-state index contributed by atoms with van der Waals surface area (Å²) >= 11 is 0. The summed E-state index contributed by atoms with van der Waals surface area (Å²) < 4.78 is 5.29. The van der Waals surface area contributed by atoms with Crippen molar-refractivity contribution >= 4 is 6.03 Å². The summed E-state index contributed by atoms with van der Waals surface area (Å²) in [6, 6.07) is 0.671. The molecule has 5 nitrogen and oxygen atoms in total. The van der Waals surface area contributed by atoms with Crippen LogP contribution in [0.5, 0.6) is 0 Å². The van der Waals surface area contributed by atoms with Crippen molar-refractivity contribution in [3.05, 3.63) is 0 Å². The highest BCUT2D eigenvalue weighted by atomic mass is 16.5. The Bertz CT molecular complexity index is 267. The van der Waals surface area contributed by atoms with Crippen LogP contribution in [0, 0.1) is 0 Å². The van der Waals surface area contributed by atoms with E-state index in [0.29, 0.717) is 19.3 Å². The SMILES string of the molecule is CCCNC1CCCN(C(=O)N2CCOCC2)C1. The van der Waals surface area contributed by atoms with Gasteiger partial charge in [-0.1, -0.05) is 6.92 Å². The maximum absolute atomic E-state index is 12.3. The molecule has 0 radical (unpaired) electrons. The standard InChI is InChI=1S/C13H25N3O2/c1-2-5-14-12-4-3-6-16(11-12)13(17)15-7-9-18-10-8-15/h12,14H,2-11H2,1H3. The number of amides is 2. The molecule has 2 saturated heterocycles. The Morgan fingerprint density at radius 1 is 1.28 bits per heavy atom. The van der Waals surface area contributed by atoms with Crippen LogP contribution in [0.2, 0.25) is 0 Å². The predicted molar refractivity (Wildman–Crippen MR) is 70.7 cm³/mol. The van der Waals surface area contributed by atoms with Crippen LogP contribution in [0.4, 0.5) is 4.79 Å². The van der Waals surface area contributed by atoms with Crippen molar-refractivity contribution < 1.29 is 9.53 Å². The number of likely N-dealkylation sites (tertiary alicyclic amines) is 1. The third-order valence-corrected chi connectivity index (χ3v) is 3.66. The smallest absolute Gasteiger partial charge is 0.320 e. The third-order valence-electron chi connectivity index (χ3n) is 3.66. The van der Waals surface area contributed by atoms with E-state index in [-0.39, 0.29) is 6.03 Å². The fourth-order valence-electron chi connectivity index (χ4n) is 2.62. The number of carbonyl (C=O) groups is 1. The summed E-state index contributed by atoms with van der Waals surface area (Å²) in [5.74, 6) is 0. The fourth-order valence-corrected chi connectivity index (χ4v) is 2.62. The van der Waals surface area contributed by atoms with Gasteiger partial charge in [0.05, 0.1) is 13.2 Å². The molecule has 1 atom stereocenters. The summed E-state index contributed by atoms with van der Waals surface area (Å²) in [5, 5.41) is 3.52. The Morgan fingerprint density at radius 3 is 2.78 bits per heavy atom. The van der Waals surface area contributed by atoms with Gasteiger partial charge in [0.1, 0.15) is 0 Å². The van der Waals surface area contributed by atoms with Crippen molar-refractivity contribution in [2.24, 2.45) is 0 Å². The first kappa shape index (κ1) is 13.6. The van der Waals surface area contributed by atoms with Crippen LogP contribution in [0.1, 0.15) is 26.2 Å². The van der Waals surface area contributed by atoms with E-state index < -0.39 is 0 Å². The monoisotopic (exact) mass is 255 g/mol. The summed E-state index contributed by atoms with van der Waals surface area (Å²) in [6.07, 6.45) is 3.44. The zero-order valence-corrected chi connectivity index (χ0v) is 11.4. The molecular formula is C13H25N3O2. The summed E-state index contributed by atoms with van der Waals surface area (Å²) in [4.78, 5) is 16.3. The zero-order valence-electron chi connectivity index (χ0n) is 11.4. The summed E-state index contributed by atoms with van der Waals surface area (Å²) in [6.45, 7) is 7.81. The fraction of sp³-hybridized carbons (Fsp3) is 0.923. The molecule has 2 fully saturated rings. The first-order chi connectivity index (χ1) is 8.81. The maximum Gasteiger partial charge on any atom is 0.320 e. The first-order valence-corrected chi connectivity index (χ1v) is 7.16. The molecule has 0 saturated carbocycles. The van der Waals surface area contributed by atoms with Crippen LogP contribution in [-0.4, -0.2) is 67.8 Å². The van der Waals surface area contributed by atoms with Crippen molar-refractivity contribution in [1.82, 2.24) is 15.1 Å². The van der Waals surface area contributed by atoms with E-state index in [9.17, 15) is 4.79 Å². The van der Waals surface area contributed by atoms with Gasteiger partial charge in [0.15, 0.2) is 0 Å². The maximum atomic E-state index is 12.3. The molecule has 0 aliphatic carbocycles. The number of nitrogens with zero attached hydrogens (tertiary/aromatic N) is 2. The Balaban J connectivity index is 1.81. The van der Waals surface area contributed by atoms with Crippen LogP contribution < -0.4 is 5.32 Å². The molecule has 2 aliphatic rings. The highest BCUT2D eigenvalue weighted by Crippen LogP contribution is 2.13. The molecule has 1 unspecified atom stereocenters. The molecule has 0 spiro atoms. The average Bonchev–Trinajstić information content (AvgIpc) is 2.45. The molecule has 2 aliphatic heterocycles. The van der Waals surface area contributed by atoms with Gasteiger partial charge >= 0.3 is 6.03 Å². The second kappa shape index (κ2) is 6.95. The number of ether oxygens (including phenoxy) is 1. The van der Waals surface area contributed by atoms with Gasteiger partial charge in [-0.05, 0) is 25.8 Å². The second-order valence-electron chi connectivity index (χ2n) is 5.12. The number of nitrogens with one attached hydrogen (secondary N) is 1. The molecule has 1 N–H and O–H groups in total. The van der Waals surface area contributed by atoms with Crippen molar-refractivity contribution in [1.29, 1.82) is 0 Å². The Morgan fingerprint density at radius 2 is 2.06 bits per heavy atom. The van der Waals surface area contributed by atoms with E-state index in [1.54, 1.807) is 0 Å². The normalized spacial score (nSPS) is 25.3. The second-order valence-corrected chi connectivity index (χ2v) is 5.12. The number of urea groups is 1. The highest BCUT2D eigenvalue weighted by Gasteiger charge is 2.27. The largest absolute Gasteiger partial charge is 0.378 e. The zero-order chi connectivity index (χ0) is 12.8. The number of piperidine rings is 1. The topological polar surface area (TPSA) is 44.8 Å². The van der Waals surface area contributed by atoms with Crippen molar-refractivity contribution in [2.75, 3.05) is 45.9 Å². The van der Waals surface area contributed by atoms with E-state index in [2.05, 4.69) is 12.2 Å². The van der Waals surface area contributed by atoms with Crippen LogP contribution >= 0.6 is 0 Å². The number of hydrogen-bond donors (Lipinski definition) is 1. The molecule has 2 heterocycles. The van der Waals surface area contributed by atoms with Crippen molar-refractivity contribution in [2.45, 2.75) is 32.2 Å². The lowest BCUT2D eigenvalue weighted by Crippen LogP contribution is -2.54. The number of hydrogen-bond acceptors (Lipinski definition) is 3. The van der Waals surface area contributed by atoms with Crippen LogP contribution in [0.15, 0.2) is 0 Å². The van der Waals surface area contributed by atoms with Gasteiger partial charge in [0.25, 0.3) is 0 Å². The van der Waals surface area contributed by atoms with Crippen LogP contribution in [0.3, 0.4) is 0 Å². The minimum Gasteiger partial charge on any atom is -0.378 e. The van der Waals surface area contributed by atoms with Gasteiger partial charge in [-0.3, -0.25) is 0 Å². The molecule has 2 amide bonds. The van der Waals surface area contributed by atoms with E-state index in [1.807, 2.05) is 9.80 Å². The van der Waals surface area contributed by atoms with Gasteiger partial charge in [0, 0.05) is 32.2 Å². The highest BCUT2D eigenvalue weighted by molar-refractivity contribution is 5.74. The predicted octanol–water partition coefficient (Wildman–Crippen LogP) is 0.903. The lowest BCUT2D eigenvalue weighted by molar-refractivity contribution is 0.0403. The Kier molecular flexibility index (Phi) is 5.26. The molecule has 5 heteroatoms. The Hall–Kier alpha value is -0.810. The number of morpholine rings is 1. The first-order valence-electron chi connectivity index (χ1n) is 7.16. The lowest BCUT2D eigenvalue weighted by atomic mass is 10.1. The molecular weight excluding hydrogens is 230 g/mol. The van der Waals surface area contributed by atoms with E-state index in [4.69, 9.17) is 4.74 Å². The molecule has 0 aromatic rings. The van der Waals surface area contributed by atoms with Crippen molar-refractivity contribution in [3.63, 3.8) is 0 Å². The summed E-state index contributed by atoms with van der Waals surface area (Å²) in [7, 11) is 0. The van der Waals surface area contributed by atoms with Gasteiger partial charge in [-0.2, -0.15) is 0 Å². The minimum absolute atomic E-state index is 0.196. The molecule has 104 valence electrons. The number of rotatable bonds is 3. The van der Waals surface area contributed by atoms with Crippen LogP contribution in [0.25, 0.3) is 0 Å². The van der Waals surface area contributed by atoms with E-state index >= 15 is 0 Å². The van der Waals surface area contributed by atoms with Gasteiger partial charge in [-0.15, -0.1) is 0 Å². The van der Waals surface area contributed by atoms with E-state index in [0.717, 1.165) is 45.6 Å². The number of carbonyl (C=O) groups excluding carboxylic acids is 1. The van der Waals surface area contributed by atoms with Crippen molar-refractivity contribution in [3.8, 4) is 0 Å². The molecule has 0 aromatic heterocycles. The van der Waals surface area contributed by atoms with Gasteiger partial charge in [-0.25, -0.2) is 4.79 Å². The van der Waals surface area contributed by atoms with E-state index in [1.165, 1.54) is 6.42 Å². The molecule has 0 bridgehead atoms. The summed E-state index contributed by atoms with van der Waals surface area (Å²) in [5.41, 5.74) is 0. The third kappa shape index (κ3) is 3.59. The van der Waals surface area contributed by atoms with Gasteiger partial charge in [0.2, 0.25) is 0 Å². The molecule has 0 aromatic carbocycles. The Labute approximate surface area is 109 Å². The van der Waals surface area contributed by atoms with Crippen LogP contribution in [-0.2, 0) is 4.74 Å².